The molecular formula is C23H26O. The molecule has 0 atom stereocenters. The van der Waals surface area contributed by atoms with E-state index in [4.69, 9.17) is 0 Å². The standard InChI is InChI=1S/C23H26O/c24-21(22(15-7-8-16-22)19-11-3-1-4-12-19)23(17-9-10-18-23)20-13-5-2-6-14-20/h1-6,11-14H,7-10,15-18H2. The Balaban J connectivity index is 1.82. The van der Waals surface area contributed by atoms with Crippen LogP contribution in [-0.2, 0) is 15.6 Å². The van der Waals surface area contributed by atoms with E-state index >= 15 is 0 Å². The number of Topliss-reactive ketones (excluding diaryl/α,β-unsaturated/α-hetero) is 1. The van der Waals surface area contributed by atoms with Crippen molar-refractivity contribution in [2.45, 2.75) is 62.2 Å². The van der Waals surface area contributed by atoms with E-state index in [9.17, 15) is 4.79 Å². The average molecular weight is 318 g/mol. The number of rotatable bonds is 4. The Kier molecular flexibility index (Phi) is 4.04. The zero-order valence-electron chi connectivity index (χ0n) is 14.3. The van der Waals surface area contributed by atoms with E-state index in [1.54, 1.807) is 0 Å². The van der Waals surface area contributed by atoms with Crippen LogP contribution < -0.4 is 0 Å². The molecule has 0 radical (unpaired) electrons. The second kappa shape index (κ2) is 6.20. The highest BCUT2D eigenvalue weighted by Crippen LogP contribution is 2.51. The molecule has 124 valence electrons. The monoisotopic (exact) mass is 318 g/mol. The Hall–Kier alpha value is -1.89. The Morgan fingerprint density at radius 1 is 0.583 bits per heavy atom. The number of hydrogen-bond donors (Lipinski definition) is 0. The lowest BCUT2D eigenvalue weighted by atomic mass is 9.62. The topological polar surface area (TPSA) is 17.1 Å². The summed E-state index contributed by atoms with van der Waals surface area (Å²) in [4.78, 5) is 14.1. The van der Waals surface area contributed by atoms with E-state index in [0.717, 1.165) is 25.7 Å². The molecule has 0 heterocycles. The first kappa shape index (κ1) is 15.6. The van der Waals surface area contributed by atoms with Crippen LogP contribution >= 0.6 is 0 Å². The third-order valence-corrected chi connectivity index (χ3v) is 6.44. The smallest absolute Gasteiger partial charge is 0.153 e. The van der Waals surface area contributed by atoms with Gasteiger partial charge in [-0.15, -0.1) is 0 Å². The molecule has 0 spiro atoms. The van der Waals surface area contributed by atoms with Gasteiger partial charge in [-0.05, 0) is 36.8 Å². The lowest BCUT2D eigenvalue weighted by molar-refractivity contribution is -0.130. The van der Waals surface area contributed by atoms with E-state index in [2.05, 4.69) is 60.7 Å². The van der Waals surface area contributed by atoms with E-state index in [-0.39, 0.29) is 10.8 Å². The molecular weight excluding hydrogens is 292 g/mol. The molecule has 2 aromatic carbocycles. The fourth-order valence-electron chi connectivity index (χ4n) is 5.22. The molecule has 2 saturated carbocycles. The minimum Gasteiger partial charge on any atom is -0.298 e. The van der Waals surface area contributed by atoms with Crippen molar-refractivity contribution in [3.8, 4) is 0 Å². The molecule has 2 aliphatic carbocycles. The first-order chi connectivity index (χ1) is 11.8. The van der Waals surface area contributed by atoms with Crippen molar-refractivity contribution >= 4 is 5.78 Å². The van der Waals surface area contributed by atoms with Crippen molar-refractivity contribution in [2.24, 2.45) is 0 Å². The first-order valence-corrected chi connectivity index (χ1v) is 9.44. The summed E-state index contributed by atoms with van der Waals surface area (Å²) in [7, 11) is 0. The number of benzene rings is 2. The summed E-state index contributed by atoms with van der Waals surface area (Å²) in [6.45, 7) is 0. The average Bonchev–Trinajstić information content (AvgIpc) is 3.34. The van der Waals surface area contributed by atoms with Crippen LogP contribution in [0.3, 0.4) is 0 Å². The number of carbonyl (C=O) groups excluding carboxylic acids is 1. The fourth-order valence-corrected chi connectivity index (χ4v) is 5.22. The van der Waals surface area contributed by atoms with Crippen LogP contribution in [-0.4, -0.2) is 5.78 Å². The minimum atomic E-state index is -0.262. The maximum atomic E-state index is 14.1. The van der Waals surface area contributed by atoms with Crippen molar-refractivity contribution in [1.82, 2.24) is 0 Å². The number of hydrogen-bond acceptors (Lipinski definition) is 1. The maximum absolute atomic E-state index is 14.1. The van der Waals surface area contributed by atoms with Crippen molar-refractivity contribution in [2.75, 3.05) is 0 Å². The number of ketones is 1. The predicted molar refractivity (Wildman–Crippen MR) is 98.2 cm³/mol. The molecule has 0 aliphatic heterocycles. The highest BCUT2D eigenvalue weighted by molar-refractivity contribution is 5.99. The predicted octanol–water partition coefficient (Wildman–Crippen LogP) is 5.58. The molecule has 2 aromatic rings. The van der Waals surface area contributed by atoms with Gasteiger partial charge >= 0.3 is 0 Å². The molecule has 0 aromatic heterocycles. The zero-order chi connectivity index (χ0) is 16.5. The second-order valence-electron chi connectivity index (χ2n) is 7.64. The summed E-state index contributed by atoms with van der Waals surface area (Å²) < 4.78 is 0. The van der Waals surface area contributed by atoms with Crippen LogP contribution in [0.25, 0.3) is 0 Å². The minimum absolute atomic E-state index is 0.262. The summed E-state index contributed by atoms with van der Waals surface area (Å²) in [6, 6.07) is 21.2. The van der Waals surface area contributed by atoms with Crippen LogP contribution in [0.15, 0.2) is 60.7 Å². The highest BCUT2D eigenvalue weighted by atomic mass is 16.1. The molecule has 1 heteroatoms. The Morgan fingerprint density at radius 3 is 1.25 bits per heavy atom. The van der Waals surface area contributed by atoms with E-state index in [1.165, 1.54) is 36.8 Å². The third kappa shape index (κ3) is 2.33. The SMILES string of the molecule is O=C(C1(c2ccccc2)CCCC1)C1(c2ccccc2)CCCC1. The Morgan fingerprint density at radius 2 is 0.917 bits per heavy atom. The summed E-state index contributed by atoms with van der Waals surface area (Å²) in [5.74, 6) is 0.502. The van der Waals surface area contributed by atoms with Gasteiger partial charge in [0.05, 0.1) is 10.8 Å². The Labute approximate surface area is 145 Å². The van der Waals surface area contributed by atoms with Crippen molar-refractivity contribution < 1.29 is 4.79 Å². The van der Waals surface area contributed by atoms with Gasteiger partial charge in [0.15, 0.2) is 5.78 Å². The fraction of sp³-hybridized carbons (Fsp3) is 0.435. The van der Waals surface area contributed by atoms with Gasteiger partial charge in [0.1, 0.15) is 0 Å². The van der Waals surface area contributed by atoms with Gasteiger partial charge in [-0.25, -0.2) is 0 Å². The maximum Gasteiger partial charge on any atom is 0.153 e. The van der Waals surface area contributed by atoms with Crippen LogP contribution in [0.2, 0.25) is 0 Å². The normalized spacial score (nSPS) is 21.7. The van der Waals surface area contributed by atoms with Gasteiger partial charge in [0.2, 0.25) is 0 Å². The molecule has 0 amide bonds. The molecule has 24 heavy (non-hydrogen) atoms. The van der Waals surface area contributed by atoms with Gasteiger partial charge < -0.3 is 0 Å². The van der Waals surface area contributed by atoms with Crippen LogP contribution in [0, 0.1) is 0 Å². The largest absolute Gasteiger partial charge is 0.298 e. The first-order valence-electron chi connectivity index (χ1n) is 9.44. The van der Waals surface area contributed by atoms with E-state index < -0.39 is 0 Å². The van der Waals surface area contributed by atoms with Gasteiger partial charge in [0.25, 0.3) is 0 Å². The molecule has 0 unspecified atom stereocenters. The lowest BCUT2D eigenvalue weighted by Crippen LogP contribution is -2.46. The lowest BCUT2D eigenvalue weighted by Gasteiger charge is -2.39. The molecule has 4 rings (SSSR count). The molecule has 2 fully saturated rings. The van der Waals surface area contributed by atoms with E-state index in [0.29, 0.717) is 5.78 Å². The third-order valence-electron chi connectivity index (χ3n) is 6.44. The van der Waals surface area contributed by atoms with Gasteiger partial charge in [-0.3, -0.25) is 4.79 Å². The van der Waals surface area contributed by atoms with E-state index in [1.807, 2.05) is 0 Å². The quantitative estimate of drug-likeness (QED) is 0.719. The van der Waals surface area contributed by atoms with Crippen molar-refractivity contribution in [3.63, 3.8) is 0 Å². The molecule has 1 nitrogen and oxygen atoms in total. The van der Waals surface area contributed by atoms with Crippen molar-refractivity contribution in [3.05, 3.63) is 71.8 Å². The summed E-state index contributed by atoms with van der Waals surface area (Å²) >= 11 is 0. The van der Waals surface area contributed by atoms with Gasteiger partial charge in [-0.2, -0.15) is 0 Å². The summed E-state index contributed by atoms with van der Waals surface area (Å²) in [5, 5.41) is 0. The Bertz CT molecular complexity index is 628. The highest BCUT2D eigenvalue weighted by Gasteiger charge is 2.53. The number of carbonyl (C=O) groups is 1. The summed E-state index contributed by atoms with van der Waals surface area (Å²) in [6.07, 6.45) is 8.76. The molecule has 2 aliphatic rings. The second-order valence-corrected chi connectivity index (χ2v) is 7.64. The molecule has 0 bridgehead atoms. The van der Waals surface area contributed by atoms with Crippen LogP contribution in [0.5, 0.6) is 0 Å². The van der Waals surface area contributed by atoms with Crippen LogP contribution in [0.1, 0.15) is 62.5 Å². The van der Waals surface area contributed by atoms with Gasteiger partial charge in [0, 0.05) is 0 Å². The molecule has 0 saturated heterocycles. The van der Waals surface area contributed by atoms with Gasteiger partial charge in [-0.1, -0.05) is 86.3 Å². The zero-order valence-corrected chi connectivity index (χ0v) is 14.3. The summed E-state index contributed by atoms with van der Waals surface area (Å²) in [5.41, 5.74) is 1.97. The molecule has 0 N–H and O–H groups in total. The van der Waals surface area contributed by atoms with Crippen LogP contribution in [0.4, 0.5) is 0 Å². The van der Waals surface area contributed by atoms with Crippen molar-refractivity contribution in [1.29, 1.82) is 0 Å².